The van der Waals surface area contributed by atoms with Crippen molar-refractivity contribution in [2.24, 2.45) is 0 Å². The zero-order valence-corrected chi connectivity index (χ0v) is 12.2. The number of rotatable bonds is 4. The Morgan fingerprint density at radius 2 is 1.05 bits per heavy atom. The van der Waals surface area contributed by atoms with Crippen molar-refractivity contribution in [2.75, 3.05) is 0 Å². The molecule has 0 aliphatic heterocycles. The van der Waals surface area contributed by atoms with E-state index in [9.17, 15) is 5.11 Å². The van der Waals surface area contributed by atoms with Crippen LogP contribution in [0.4, 0.5) is 0 Å². The number of benzene rings is 2. The summed E-state index contributed by atoms with van der Waals surface area (Å²) in [6, 6.07) is 14.9. The van der Waals surface area contributed by atoms with Crippen molar-refractivity contribution in [3.8, 4) is 0 Å². The summed E-state index contributed by atoms with van der Waals surface area (Å²) in [5.41, 5.74) is 1.99. The minimum atomic E-state index is -0.638. The SMILES string of the molecule is OC(/C=C/c1ccc(Cl)cc1)/C=C/c1ccc(Cl)cc1. The maximum absolute atomic E-state index is 9.86. The zero-order chi connectivity index (χ0) is 14.4. The smallest absolute Gasteiger partial charge is 0.0909 e. The average molecular weight is 305 g/mol. The fourth-order valence-corrected chi connectivity index (χ4v) is 1.88. The van der Waals surface area contributed by atoms with Crippen LogP contribution in [0, 0.1) is 0 Å². The first kappa shape index (κ1) is 14.9. The molecule has 0 fully saturated rings. The van der Waals surface area contributed by atoms with Crippen LogP contribution in [0.25, 0.3) is 12.2 Å². The van der Waals surface area contributed by atoms with Gasteiger partial charge >= 0.3 is 0 Å². The van der Waals surface area contributed by atoms with E-state index in [0.29, 0.717) is 10.0 Å². The third-order valence-corrected chi connectivity index (χ3v) is 3.22. The van der Waals surface area contributed by atoms with E-state index in [4.69, 9.17) is 23.2 Å². The van der Waals surface area contributed by atoms with Crippen LogP contribution in [-0.4, -0.2) is 11.2 Å². The van der Waals surface area contributed by atoms with Crippen molar-refractivity contribution in [1.82, 2.24) is 0 Å². The van der Waals surface area contributed by atoms with Gasteiger partial charge in [-0.15, -0.1) is 0 Å². The molecule has 0 unspecified atom stereocenters. The Kier molecular flexibility index (Phi) is 5.42. The molecule has 1 nitrogen and oxygen atoms in total. The Hall–Kier alpha value is -1.54. The third kappa shape index (κ3) is 4.86. The number of halogens is 2. The molecule has 0 aliphatic rings. The van der Waals surface area contributed by atoms with Gasteiger partial charge in [0.2, 0.25) is 0 Å². The highest BCUT2D eigenvalue weighted by Crippen LogP contribution is 2.12. The van der Waals surface area contributed by atoms with Gasteiger partial charge in [-0.1, -0.05) is 71.8 Å². The lowest BCUT2D eigenvalue weighted by Gasteiger charge is -1.99. The molecule has 3 heteroatoms. The third-order valence-electron chi connectivity index (χ3n) is 2.71. The molecule has 0 amide bonds. The standard InChI is InChI=1S/C17H14Cl2O/c18-15-7-1-13(2-8-15)5-11-17(20)12-6-14-3-9-16(19)10-4-14/h1-12,17,20H/b11-5+,12-6+. The first-order valence-electron chi connectivity index (χ1n) is 6.19. The van der Waals surface area contributed by atoms with E-state index in [1.807, 2.05) is 60.7 Å². The van der Waals surface area contributed by atoms with Crippen molar-refractivity contribution in [1.29, 1.82) is 0 Å². The van der Waals surface area contributed by atoms with E-state index in [2.05, 4.69) is 0 Å². The number of aliphatic hydroxyl groups is 1. The molecule has 2 aromatic carbocycles. The Balaban J connectivity index is 1.96. The normalized spacial score (nSPS) is 11.8. The lowest BCUT2D eigenvalue weighted by molar-refractivity contribution is 0.273. The summed E-state index contributed by atoms with van der Waals surface area (Å²) in [6.45, 7) is 0. The molecular formula is C17H14Cl2O. The minimum Gasteiger partial charge on any atom is -0.385 e. The molecule has 0 spiro atoms. The van der Waals surface area contributed by atoms with E-state index in [1.54, 1.807) is 12.2 Å². The highest BCUT2D eigenvalue weighted by atomic mass is 35.5. The molecule has 0 radical (unpaired) electrons. The van der Waals surface area contributed by atoms with Crippen LogP contribution in [0.15, 0.2) is 60.7 Å². The van der Waals surface area contributed by atoms with Gasteiger partial charge in [-0.2, -0.15) is 0 Å². The Morgan fingerprint density at radius 3 is 1.40 bits per heavy atom. The summed E-state index contributed by atoms with van der Waals surface area (Å²) in [7, 11) is 0. The number of hydrogen-bond acceptors (Lipinski definition) is 1. The molecule has 0 heterocycles. The first-order valence-corrected chi connectivity index (χ1v) is 6.95. The molecule has 0 atom stereocenters. The van der Waals surface area contributed by atoms with E-state index in [0.717, 1.165) is 11.1 Å². The molecule has 0 aromatic heterocycles. The van der Waals surface area contributed by atoms with Gasteiger partial charge in [0.05, 0.1) is 6.10 Å². The highest BCUT2D eigenvalue weighted by molar-refractivity contribution is 6.30. The summed E-state index contributed by atoms with van der Waals surface area (Å²) >= 11 is 11.6. The topological polar surface area (TPSA) is 20.2 Å². The highest BCUT2D eigenvalue weighted by Gasteiger charge is 1.94. The summed E-state index contributed by atoms with van der Waals surface area (Å²) in [5, 5.41) is 11.3. The molecule has 0 aliphatic carbocycles. The zero-order valence-electron chi connectivity index (χ0n) is 10.7. The van der Waals surface area contributed by atoms with Crippen LogP contribution in [0.2, 0.25) is 10.0 Å². The van der Waals surface area contributed by atoms with E-state index >= 15 is 0 Å². The van der Waals surface area contributed by atoms with E-state index in [-0.39, 0.29) is 0 Å². The summed E-state index contributed by atoms with van der Waals surface area (Å²) in [6.07, 6.45) is 6.51. The van der Waals surface area contributed by atoms with Crippen LogP contribution < -0.4 is 0 Å². The maximum Gasteiger partial charge on any atom is 0.0909 e. The quantitative estimate of drug-likeness (QED) is 0.835. The van der Waals surface area contributed by atoms with Crippen LogP contribution in [0.1, 0.15) is 11.1 Å². The first-order chi connectivity index (χ1) is 9.63. The van der Waals surface area contributed by atoms with E-state index in [1.165, 1.54) is 0 Å². The van der Waals surface area contributed by atoms with Gasteiger partial charge < -0.3 is 5.11 Å². The van der Waals surface area contributed by atoms with Crippen LogP contribution in [0.3, 0.4) is 0 Å². The molecule has 20 heavy (non-hydrogen) atoms. The summed E-state index contributed by atoms with van der Waals surface area (Å²) in [4.78, 5) is 0. The fourth-order valence-electron chi connectivity index (χ4n) is 1.63. The molecule has 0 saturated carbocycles. The molecule has 2 aromatic rings. The lowest BCUT2D eigenvalue weighted by Crippen LogP contribution is -1.95. The van der Waals surface area contributed by atoms with Gasteiger partial charge in [0.25, 0.3) is 0 Å². The van der Waals surface area contributed by atoms with Gasteiger partial charge in [0, 0.05) is 10.0 Å². The van der Waals surface area contributed by atoms with Gasteiger partial charge in [-0.3, -0.25) is 0 Å². The van der Waals surface area contributed by atoms with Gasteiger partial charge in [-0.25, -0.2) is 0 Å². The van der Waals surface area contributed by atoms with Crippen molar-refractivity contribution in [3.63, 3.8) is 0 Å². The molecule has 0 bridgehead atoms. The largest absolute Gasteiger partial charge is 0.385 e. The second kappa shape index (κ2) is 7.30. The summed E-state index contributed by atoms with van der Waals surface area (Å²) < 4.78 is 0. The summed E-state index contributed by atoms with van der Waals surface area (Å²) in [5.74, 6) is 0. The monoisotopic (exact) mass is 304 g/mol. The van der Waals surface area contributed by atoms with Crippen LogP contribution >= 0.6 is 23.2 Å². The van der Waals surface area contributed by atoms with Gasteiger partial charge in [-0.05, 0) is 35.4 Å². The van der Waals surface area contributed by atoms with Crippen molar-refractivity contribution in [2.45, 2.75) is 6.10 Å². The fraction of sp³-hybridized carbons (Fsp3) is 0.0588. The number of aliphatic hydroxyl groups excluding tert-OH is 1. The van der Waals surface area contributed by atoms with Gasteiger partial charge in [0.15, 0.2) is 0 Å². The molecular weight excluding hydrogens is 291 g/mol. The average Bonchev–Trinajstić information content (AvgIpc) is 2.46. The predicted molar refractivity (Wildman–Crippen MR) is 87.0 cm³/mol. The van der Waals surface area contributed by atoms with Crippen LogP contribution in [-0.2, 0) is 0 Å². The number of hydrogen-bond donors (Lipinski definition) is 1. The molecule has 1 N–H and O–H groups in total. The van der Waals surface area contributed by atoms with Crippen LogP contribution in [0.5, 0.6) is 0 Å². The van der Waals surface area contributed by atoms with Crippen molar-refractivity contribution in [3.05, 3.63) is 81.9 Å². The second-order valence-corrected chi connectivity index (χ2v) is 5.18. The Morgan fingerprint density at radius 1 is 0.700 bits per heavy atom. The van der Waals surface area contributed by atoms with Crippen molar-refractivity contribution >= 4 is 35.4 Å². The molecule has 102 valence electrons. The molecule has 2 rings (SSSR count). The van der Waals surface area contributed by atoms with Gasteiger partial charge in [0.1, 0.15) is 0 Å². The maximum atomic E-state index is 9.86. The molecule has 0 saturated heterocycles. The van der Waals surface area contributed by atoms with Crippen molar-refractivity contribution < 1.29 is 5.11 Å². The predicted octanol–water partition coefficient (Wildman–Crippen LogP) is 5.08. The Bertz CT molecular complexity index is 542. The lowest BCUT2D eigenvalue weighted by atomic mass is 10.1. The second-order valence-electron chi connectivity index (χ2n) is 4.31. The minimum absolute atomic E-state index is 0.638. The van der Waals surface area contributed by atoms with E-state index < -0.39 is 6.10 Å². The Labute approximate surface area is 128 Å².